The van der Waals surface area contributed by atoms with Crippen molar-refractivity contribution in [3.63, 3.8) is 0 Å². The molecule has 0 radical (unpaired) electrons. The average Bonchev–Trinajstić information content (AvgIpc) is 2.98. The van der Waals surface area contributed by atoms with Gasteiger partial charge in [-0.1, -0.05) is 0 Å². The highest BCUT2D eigenvalue weighted by Gasteiger charge is 2.19. The molecule has 10 heteroatoms. The van der Waals surface area contributed by atoms with E-state index in [9.17, 15) is 14.8 Å². The second-order valence-electron chi connectivity index (χ2n) is 6.11. The molecule has 134 valence electrons. The van der Waals surface area contributed by atoms with Gasteiger partial charge in [0.15, 0.2) is 5.82 Å². The number of rotatable bonds is 6. The first-order valence-electron chi connectivity index (χ1n) is 8.09. The van der Waals surface area contributed by atoms with Gasteiger partial charge >= 0.3 is 7.12 Å². The molecule has 0 bridgehead atoms. The molecule has 0 saturated carbocycles. The van der Waals surface area contributed by atoms with Crippen LogP contribution in [0.4, 0.5) is 11.5 Å². The lowest BCUT2D eigenvalue weighted by atomic mass is 9.81. The maximum absolute atomic E-state index is 12.2. The minimum Gasteiger partial charge on any atom is -0.423 e. The molecule has 2 aromatic rings. The van der Waals surface area contributed by atoms with Crippen LogP contribution in [-0.2, 0) is 24.9 Å². The van der Waals surface area contributed by atoms with Gasteiger partial charge < -0.3 is 24.7 Å². The van der Waals surface area contributed by atoms with E-state index in [1.807, 2.05) is 10.7 Å². The number of anilines is 2. The van der Waals surface area contributed by atoms with Gasteiger partial charge in [0.1, 0.15) is 5.69 Å². The Morgan fingerprint density at radius 1 is 1.36 bits per heavy atom. The van der Waals surface area contributed by atoms with Crippen molar-refractivity contribution in [2.75, 3.05) is 32.1 Å². The van der Waals surface area contributed by atoms with Crippen molar-refractivity contribution in [2.45, 2.75) is 13.1 Å². The molecular formula is C15H22BN5O4. The van der Waals surface area contributed by atoms with Crippen LogP contribution in [0.3, 0.4) is 0 Å². The first-order valence-corrected chi connectivity index (χ1v) is 8.09. The number of hydrogen-bond acceptors (Lipinski definition) is 7. The summed E-state index contributed by atoms with van der Waals surface area (Å²) in [7, 11) is 1.61. The van der Waals surface area contributed by atoms with Gasteiger partial charge in [-0.25, -0.2) is 0 Å². The molecule has 9 nitrogen and oxygen atoms in total. The van der Waals surface area contributed by atoms with Crippen LogP contribution in [0.25, 0.3) is 0 Å². The number of aryl methyl sites for hydroxylation is 1. The van der Waals surface area contributed by atoms with Crippen LogP contribution in [0.15, 0.2) is 23.1 Å². The summed E-state index contributed by atoms with van der Waals surface area (Å²) in [6.07, 6.45) is 1.39. The largest absolute Gasteiger partial charge is 0.490 e. The molecule has 0 spiro atoms. The van der Waals surface area contributed by atoms with E-state index in [2.05, 4.69) is 15.3 Å². The molecule has 1 aliphatic rings. The number of hydrogen-bond donors (Lipinski definition) is 3. The Hall–Kier alpha value is -2.14. The summed E-state index contributed by atoms with van der Waals surface area (Å²) in [4.78, 5) is 14.5. The zero-order valence-electron chi connectivity index (χ0n) is 14.3. The van der Waals surface area contributed by atoms with Crippen LogP contribution in [0, 0.1) is 0 Å². The first-order chi connectivity index (χ1) is 12.0. The van der Waals surface area contributed by atoms with Crippen LogP contribution in [-0.4, -0.2) is 63.2 Å². The lowest BCUT2D eigenvalue weighted by Gasteiger charge is -2.26. The van der Waals surface area contributed by atoms with Crippen molar-refractivity contribution in [1.29, 1.82) is 0 Å². The topological polar surface area (TPSA) is 105 Å². The van der Waals surface area contributed by atoms with Crippen LogP contribution < -0.4 is 16.3 Å². The summed E-state index contributed by atoms with van der Waals surface area (Å²) in [6, 6.07) is 3.33. The fourth-order valence-corrected chi connectivity index (χ4v) is 2.90. The predicted octanol–water partition coefficient (Wildman–Crippen LogP) is -1.53. The summed E-state index contributed by atoms with van der Waals surface area (Å²) in [5.74, 6) is 0.560. The molecule has 1 aliphatic heterocycles. The van der Waals surface area contributed by atoms with E-state index in [0.29, 0.717) is 12.4 Å². The molecule has 0 unspecified atom stereocenters. The summed E-state index contributed by atoms with van der Waals surface area (Å²) in [5, 5.41) is 26.2. The van der Waals surface area contributed by atoms with Crippen LogP contribution in [0.5, 0.6) is 0 Å². The van der Waals surface area contributed by atoms with Crippen LogP contribution >= 0.6 is 0 Å². The maximum Gasteiger partial charge on any atom is 0.490 e. The van der Waals surface area contributed by atoms with Gasteiger partial charge in [0.2, 0.25) is 0 Å². The molecule has 3 N–H and O–H groups in total. The zero-order chi connectivity index (χ0) is 18.0. The molecule has 25 heavy (non-hydrogen) atoms. The number of ether oxygens (including phenoxy) is 1. The molecule has 0 atom stereocenters. The summed E-state index contributed by atoms with van der Waals surface area (Å²) in [6.45, 7) is 3.98. The zero-order valence-corrected chi connectivity index (χ0v) is 14.3. The van der Waals surface area contributed by atoms with Crippen molar-refractivity contribution < 1.29 is 14.8 Å². The minimum atomic E-state index is -1.64. The average molecular weight is 347 g/mol. The number of methoxy groups -OCH3 is 1. The van der Waals surface area contributed by atoms with E-state index >= 15 is 0 Å². The van der Waals surface area contributed by atoms with Gasteiger partial charge in [0, 0.05) is 51.5 Å². The molecular weight excluding hydrogens is 325 g/mol. The number of nitrogens with one attached hydrogen (secondary N) is 1. The third-order valence-electron chi connectivity index (χ3n) is 4.25. The standard InChI is InChI=1S/C15H22BN5O4/c1-19-9-11(16(23)24)7-13(15(19)22)17-14-8-12-10-20(5-6-25-2)3-4-21(12)18-14/h7-9,23-24H,3-6,10H2,1-2H3,(H,17,18). The maximum atomic E-state index is 12.2. The Balaban J connectivity index is 1.79. The fraction of sp³-hybridized carbons (Fsp3) is 0.467. The molecule has 3 rings (SSSR count). The van der Waals surface area contributed by atoms with Gasteiger partial charge in [-0.3, -0.25) is 14.4 Å². The Morgan fingerprint density at radius 3 is 2.88 bits per heavy atom. The van der Waals surface area contributed by atoms with Crippen LogP contribution in [0.1, 0.15) is 5.69 Å². The Labute approximate surface area is 145 Å². The summed E-state index contributed by atoms with van der Waals surface area (Å²) >= 11 is 0. The van der Waals surface area contributed by atoms with Gasteiger partial charge in [0.05, 0.1) is 18.8 Å². The van der Waals surface area contributed by atoms with Crippen molar-refractivity contribution in [3.8, 4) is 0 Å². The molecule has 0 aromatic carbocycles. The molecule has 0 amide bonds. The highest BCUT2D eigenvalue weighted by Crippen LogP contribution is 2.18. The number of fused-ring (bicyclic) bond motifs is 1. The number of nitrogens with zero attached hydrogens (tertiary/aromatic N) is 4. The number of pyridine rings is 1. The van der Waals surface area contributed by atoms with E-state index in [0.717, 1.165) is 31.9 Å². The second kappa shape index (κ2) is 7.40. The summed E-state index contributed by atoms with van der Waals surface area (Å²) in [5.41, 5.74) is 1.27. The predicted molar refractivity (Wildman–Crippen MR) is 94.2 cm³/mol. The fourth-order valence-electron chi connectivity index (χ4n) is 2.90. The quantitative estimate of drug-likeness (QED) is 0.545. The molecule has 0 fully saturated rings. The second-order valence-corrected chi connectivity index (χ2v) is 6.11. The van der Waals surface area contributed by atoms with Crippen molar-refractivity contribution in [3.05, 3.63) is 34.4 Å². The van der Waals surface area contributed by atoms with Gasteiger partial charge in [-0.05, 0) is 6.07 Å². The van der Waals surface area contributed by atoms with E-state index in [-0.39, 0.29) is 16.7 Å². The van der Waals surface area contributed by atoms with Crippen molar-refractivity contribution in [2.24, 2.45) is 7.05 Å². The van der Waals surface area contributed by atoms with Gasteiger partial charge in [0.25, 0.3) is 5.56 Å². The summed E-state index contributed by atoms with van der Waals surface area (Å²) < 4.78 is 8.34. The lowest BCUT2D eigenvalue weighted by molar-refractivity contribution is 0.129. The molecule has 0 saturated heterocycles. The molecule has 0 aliphatic carbocycles. The van der Waals surface area contributed by atoms with Gasteiger partial charge in [-0.2, -0.15) is 5.10 Å². The van der Waals surface area contributed by atoms with E-state index in [1.54, 1.807) is 14.2 Å². The smallest absolute Gasteiger partial charge is 0.423 e. The molecule has 2 aromatic heterocycles. The van der Waals surface area contributed by atoms with E-state index in [4.69, 9.17) is 4.74 Å². The highest BCUT2D eigenvalue weighted by molar-refractivity contribution is 6.58. The SMILES string of the molecule is COCCN1CCn2nc(Nc3cc(B(O)O)cn(C)c3=O)cc2C1. The van der Waals surface area contributed by atoms with E-state index in [1.165, 1.54) is 16.8 Å². The minimum absolute atomic E-state index is 0.235. The highest BCUT2D eigenvalue weighted by atomic mass is 16.5. The van der Waals surface area contributed by atoms with Crippen LogP contribution in [0.2, 0.25) is 0 Å². The Morgan fingerprint density at radius 2 is 2.16 bits per heavy atom. The third kappa shape index (κ3) is 3.93. The Kier molecular flexibility index (Phi) is 5.23. The monoisotopic (exact) mass is 347 g/mol. The van der Waals surface area contributed by atoms with E-state index < -0.39 is 7.12 Å². The Bertz CT molecular complexity index is 804. The normalized spacial score (nSPS) is 14.4. The van der Waals surface area contributed by atoms with Crippen molar-refractivity contribution in [1.82, 2.24) is 19.2 Å². The third-order valence-corrected chi connectivity index (χ3v) is 4.25. The van der Waals surface area contributed by atoms with Gasteiger partial charge in [-0.15, -0.1) is 0 Å². The van der Waals surface area contributed by atoms with Crippen molar-refractivity contribution >= 4 is 24.1 Å². The lowest BCUT2D eigenvalue weighted by Crippen LogP contribution is -2.35. The first kappa shape index (κ1) is 17.7. The molecule has 3 heterocycles. The number of aromatic nitrogens is 3.